The molecule has 110 valence electrons. The SMILES string of the molecule is COCc1ccccc1NC(=O)CN1CCCNCC1. The van der Waals surface area contributed by atoms with Gasteiger partial charge in [-0.2, -0.15) is 0 Å². The third-order valence-corrected chi connectivity index (χ3v) is 3.39. The molecular weight excluding hydrogens is 254 g/mol. The summed E-state index contributed by atoms with van der Waals surface area (Å²) in [6, 6.07) is 7.75. The summed E-state index contributed by atoms with van der Waals surface area (Å²) in [6.45, 7) is 4.84. The van der Waals surface area contributed by atoms with E-state index in [4.69, 9.17) is 4.74 Å². The van der Waals surface area contributed by atoms with Crippen LogP contribution in [-0.2, 0) is 16.1 Å². The Morgan fingerprint density at radius 2 is 2.20 bits per heavy atom. The molecule has 0 spiro atoms. The molecule has 1 aliphatic heterocycles. The van der Waals surface area contributed by atoms with Gasteiger partial charge >= 0.3 is 0 Å². The Kier molecular flexibility index (Phi) is 5.98. The Labute approximate surface area is 120 Å². The Bertz CT molecular complexity index is 429. The van der Waals surface area contributed by atoms with Crippen LogP contribution in [0.2, 0.25) is 0 Å². The minimum Gasteiger partial charge on any atom is -0.380 e. The summed E-state index contributed by atoms with van der Waals surface area (Å²) in [5.74, 6) is 0.0375. The standard InChI is InChI=1S/C15H23N3O2/c1-20-12-13-5-2-3-6-14(13)17-15(19)11-18-9-4-7-16-8-10-18/h2-3,5-6,16H,4,7-12H2,1H3,(H,17,19). The van der Waals surface area contributed by atoms with Crippen molar-refractivity contribution in [3.8, 4) is 0 Å². The molecule has 0 radical (unpaired) electrons. The fourth-order valence-corrected chi connectivity index (χ4v) is 2.38. The van der Waals surface area contributed by atoms with Crippen LogP contribution in [0.3, 0.4) is 0 Å². The molecule has 1 amide bonds. The van der Waals surface area contributed by atoms with Crippen LogP contribution in [0.5, 0.6) is 0 Å². The molecule has 0 aromatic heterocycles. The lowest BCUT2D eigenvalue weighted by Gasteiger charge is -2.19. The number of nitrogens with zero attached hydrogens (tertiary/aromatic N) is 1. The number of rotatable bonds is 5. The minimum atomic E-state index is 0.0375. The number of amides is 1. The molecular formula is C15H23N3O2. The molecule has 1 saturated heterocycles. The van der Waals surface area contributed by atoms with Crippen molar-refractivity contribution >= 4 is 11.6 Å². The first-order chi connectivity index (χ1) is 9.79. The third kappa shape index (κ3) is 4.59. The fraction of sp³-hybridized carbons (Fsp3) is 0.533. The zero-order valence-corrected chi connectivity index (χ0v) is 12.0. The second kappa shape index (κ2) is 7.99. The highest BCUT2D eigenvalue weighted by molar-refractivity contribution is 5.92. The molecule has 1 aliphatic rings. The van der Waals surface area contributed by atoms with Gasteiger partial charge in [0.15, 0.2) is 0 Å². The quantitative estimate of drug-likeness (QED) is 0.845. The number of carbonyl (C=O) groups excluding carboxylic acids is 1. The average Bonchev–Trinajstić information content (AvgIpc) is 2.70. The number of para-hydroxylation sites is 1. The molecule has 1 heterocycles. The molecule has 5 nitrogen and oxygen atoms in total. The van der Waals surface area contributed by atoms with Gasteiger partial charge in [-0.3, -0.25) is 9.69 Å². The first-order valence-electron chi connectivity index (χ1n) is 7.09. The predicted molar refractivity (Wildman–Crippen MR) is 79.7 cm³/mol. The molecule has 2 rings (SSSR count). The van der Waals surface area contributed by atoms with Crippen molar-refractivity contribution in [1.29, 1.82) is 0 Å². The van der Waals surface area contributed by atoms with E-state index in [1.165, 1.54) is 0 Å². The highest BCUT2D eigenvalue weighted by Crippen LogP contribution is 2.15. The van der Waals surface area contributed by atoms with E-state index in [2.05, 4.69) is 15.5 Å². The van der Waals surface area contributed by atoms with Gasteiger partial charge in [0, 0.05) is 31.5 Å². The van der Waals surface area contributed by atoms with E-state index in [0.717, 1.165) is 43.9 Å². The third-order valence-electron chi connectivity index (χ3n) is 3.39. The Morgan fingerprint density at radius 1 is 1.35 bits per heavy atom. The van der Waals surface area contributed by atoms with E-state index in [1.807, 2.05) is 24.3 Å². The Morgan fingerprint density at radius 3 is 3.05 bits per heavy atom. The maximum atomic E-state index is 12.1. The number of anilines is 1. The van der Waals surface area contributed by atoms with Crippen LogP contribution < -0.4 is 10.6 Å². The number of nitrogens with one attached hydrogen (secondary N) is 2. The number of hydrogen-bond donors (Lipinski definition) is 2. The minimum absolute atomic E-state index is 0.0375. The van der Waals surface area contributed by atoms with Crippen LogP contribution in [0.4, 0.5) is 5.69 Å². The molecule has 0 aliphatic carbocycles. The maximum Gasteiger partial charge on any atom is 0.238 e. The molecule has 5 heteroatoms. The normalized spacial score (nSPS) is 16.6. The van der Waals surface area contributed by atoms with Crippen molar-refractivity contribution < 1.29 is 9.53 Å². The molecule has 0 atom stereocenters. The second-order valence-corrected chi connectivity index (χ2v) is 5.02. The predicted octanol–water partition coefficient (Wildman–Crippen LogP) is 1.07. The van der Waals surface area contributed by atoms with E-state index in [1.54, 1.807) is 7.11 Å². The van der Waals surface area contributed by atoms with Gasteiger partial charge in [0.25, 0.3) is 0 Å². The highest BCUT2D eigenvalue weighted by Gasteiger charge is 2.13. The molecule has 0 bridgehead atoms. The summed E-state index contributed by atoms with van der Waals surface area (Å²) in [5.41, 5.74) is 1.84. The Balaban J connectivity index is 1.90. The largest absolute Gasteiger partial charge is 0.380 e. The van der Waals surface area contributed by atoms with E-state index < -0.39 is 0 Å². The molecule has 20 heavy (non-hydrogen) atoms. The van der Waals surface area contributed by atoms with E-state index in [9.17, 15) is 4.79 Å². The zero-order valence-electron chi connectivity index (χ0n) is 12.0. The van der Waals surface area contributed by atoms with Gasteiger partial charge in [-0.1, -0.05) is 18.2 Å². The van der Waals surface area contributed by atoms with E-state index in [-0.39, 0.29) is 5.91 Å². The first kappa shape index (κ1) is 15.0. The van der Waals surface area contributed by atoms with E-state index in [0.29, 0.717) is 13.2 Å². The van der Waals surface area contributed by atoms with Gasteiger partial charge in [0.1, 0.15) is 0 Å². The van der Waals surface area contributed by atoms with Gasteiger partial charge in [-0.15, -0.1) is 0 Å². The van der Waals surface area contributed by atoms with Crippen LogP contribution in [0.15, 0.2) is 24.3 Å². The summed E-state index contributed by atoms with van der Waals surface area (Å²) < 4.78 is 5.15. The summed E-state index contributed by atoms with van der Waals surface area (Å²) >= 11 is 0. The molecule has 2 N–H and O–H groups in total. The van der Waals surface area contributed by atoms with Crippen LogP contribution in [0.1, 0.15) is 12.0 Å². The van der Waals surface area contributed by atoms with Crippen molar-refractivity contribution in [2.24, 2.45) is 0 Å². The van der Waals surface area contributed by atoms with Crippen molar-refractivity contribution in [1.82, 2.24) is 10.2 Å². The van der Waals surface area contributed by atoms with Crippen LogP contribution in [-0.4, -0.2) is 50.6 Å². The summed E-state index contributed by atoms with van der Waals surface area (Å²) in [4.78, 5) is 14.3. The van der Waals surface area contributed by atoms with Crippen LogP contribution >= 0.6 is 0 Å². The molecule has 0 unspecified atom stereocenters. The first-order valence-corrected chi connectivity index (χ1v) is 7.09. The van der Waals surface area contributed by atoms with Gasteiger partial charge in [-0.05, 0) is 25.6 Å². The second-order valence-electron chi connectivity index (χ2n) is 5.02. The highest BCUT2D eigenvalue weighted by atomic mass is 16.5. The zero-order chi connectivity index (χ0) is 14.2. The lowest BCUT2D eigenvalue weighted by atomic mass is 10.2. The number of benzene rings is 1. The summed E-state index contributed by atoms with van der Waals surface area (Å²) in [6.07, 6.45) is 1.09. The van der Waals surface area contributed by atoms with E-state index >= 15 is 0 Å². The maximum absolute atomic E-state index is 12.1. The summed E-state index contributed by atoms with van der Waals surface area (Å²) in [5, 5.41) is 6.32. The van der Waals surface area contributed by atoms with Gasteiger partial charge in [-0.25, -0.2) is 0 Å². The van der Waals surface area contributed by atoms with Gasteiger partial charge in [0.05, 0.1) is 13.2 Å². The number of methoxy groups -OCH3 is 1. The van der Waals surface area contributed by atoms with Crippen molar-refractivity contribution in [2.75, 3.05) is 45.2 Å². The lowest BCUT2D eigenvalue weighted by molar-refractivity contribution is -0.117. The topological polar surface area (TPSA) is 53.6 Å². The number of carbonyl (C=O) groups is 1. The van der Waals surface area contributed by atoms with Crippen molar-refractivity contribution in [2.45, 2.75) is 13.0 Å². The summed E-state index contributed by atoms with van der Waals surface area (Å²) in [7, 11) is 1.66. The Hall–Kier alpha value is -1.43. The van der Waals surface area contributed by atoms with Gasteiger partial charge in [0.2, 0.25) is 5.91 Å². The van der Waals surface area contributed by atoms with Crippen molar-refractivity contribution in [3.05, 3.63) is 29.8 Å². The average molecular weight is 277 g/mol. The molecule has 1 fully saturated rings. The van der Waals surface area contributed by atoms with Crippen LogP contribution in [0.25, 0.3) is 0 Å². The molecule has 1 aromatic rings. The molecule has 1 aromatic carbocycles. The van der Waals surface area contributed by atoms with Crippen molar-refractivity contribution in [3.63, 3.8) is 0 Å². The molecule has 0 saturated carbocycles. The number of ether oxygens (including phenoxy) is 1. The number of hydrogen-bond acceptors (Lipinski definition) is 4. The monoisotopic (exact) mass is 277 g/mol. The smallest absolute Gasteiger partial charge is 0.238 e. The van der Waals surface area contributed by atoms with Gasteiger partial charge < -0.3 is 15.4 Å². The fourth-order valence-electron chi connectivity index (χ4n) is 2.38. The van der Waals surface area contributed by atoms with Crippen LogP contribution in [0, 0.1) is 0 Å². The lowest BCUT2D eigenvalue weighted by Crippen LogP contribution is -2.35.